The molecule has 2 aliphatic carbocycles. The second kappa shape index (κ2) is 5.72. The summed E-state index contributed by atoms with van der Waals surface area (Å²) in [5.74, 6) is -0.105. The molecular weight excluding hydrogens is 328 g/mol. The third-order valence-electron chi connectivity index (χ3n) is 7.27. The highest BCUT2D eigenvalue weighted by Crippen LogP contribution is 2.74. The van der Waals surface area contributed by atoms with E-state index in [9.17, 15) is 15.0 Å². The lowest BCUT2D eigenvalue weighted by atomic mass is 9.46. The van der Waals surface area contributed by atoms with Crippen molar-refractivity contribution in [2.45, 2.75) is 77.9 Å². The minimum absolute atomic E-state index is 0.0110. The molecule has 0 radical (unpaired) electrons. The van der Waals surface area contributed by atoms with Gasteiger partial charge in [-0.05, 0) is 49.1 Å². The summed E-state index contributed by atoms with van der Waals surface area (Å²) in [6.07, 6.45) is 5.48. The predicted octanol–water partition coefficient (Wildman–Crippen LogP) is 4.56. The quantitative estimate of drug-likeness (QED) is 0.598. The van der Waals surface area contributed by atoms with Gasteiger partial charge in [0.2, 0.25) is 5.79 Å². The van der Waals surface area contributed by atoms with Gasteiger partial charge >= 0.3 is 0 Å². The van der Waals surface area contributed by atoms with Crippen LogP contribution in [0.2, 0.25) is 0 Å². The first-order valence-electron chi connectivity index (χ1n) is 10.0. The summed E-state index contributed by atoms with van der Waals surface area (Å²) in [5.41, 5.74) is 2.03. The Kier molecular flexibility index (Phi) is 3.93. The first-order valence-corrected chi connectivity index (χ1v) is 10.0. The monoisotopic (exact) mass is 358 g/mol. The van der Waals surface area contributed by atoms with Crippen molar-refractivity contribution >= 4 is 5.78 Å². The van der Waals surface area contributed by atoms with Crippen LogP contribution in [0.25, 0.3) is 0 Å². The average Bonchev–Trinajstić information content (AvgIpc) is 2.88. The van der Waals surface area contributed by atoms with E-state index in [0.717, 1.165) is 43.2 Å². The molecule has 1 aromatic rings. The number of unbranched alkanes of at least 4 members (excludes halogenated alkanes) is 2. The van der Waals surface area contributed by atoms with Gasteiger partial charge in [-0.25, -0.2) is 0 Å². The normalized spacial score (nSPS) is 33.0. The van der Waals surface area contributed by atoms with E-state index in [0.29, 0.717) is 23.7 Å². The Hall–Kier alpha value is -1.55. The number of ether oxygens (including phenoxy) is 1. The van der Waals surface area contributed by atoms with Crippen LogP contribution in [0.5, 0.6) is 11.5 Å². The molecule has 2 N–H and O–H groups in total. The SMILES string of the molecule is CCCCCc1cc2c(c(O)c1C(C)=O)[C@@H]1[C@H]3C(CC[C@@]3(O)O2)C1(C)C. The second-order valence-corrected chi connectivity index (χ2v) is 9.10. The Morgan fingerprint density at radius 3 is 2.73 bits per heavy atom. The number of carbonyl (C=O) groups is 1. The number of ketones is 1. The van der Waals surface area contributed by atoms with E-state index >= 15 is 0 Å². The van der Waals surface area contributed by atoms with Gasteiger partial charge in [-0.2, -0.15) is 0 Å². The number of carbonyl (C=O) groups excluding carboxylic acids is 1. The Bertz CT molecular complexity index is 766. The van der Waals surface area contributed by atoms with Crippen LogP contribution in [0, 0.1) is 17.3 Å². The van der Waals surface area contributed by atoms with Crippen LogP contribution in [0.4, 0.5) is 0 Å². The maximum Gasteiger partial charge on any atom is 0.211 e. The first kappa shape index (κ1) is 17.8. The first-order chi connectivity index (χ1) is 12.2. The van der Waals surface area contributed by atoms with E-state index in [1.54, 1.807) is 0 Å². The van der Waals surface area contributed by atoms with Crippen molar-refractivity contribution in [3.05, 3.63) is 22.8 Å². The Morgan fingerprint density at radius 2 is 2.08 bits per heavy atom. The highest BCUT2D eigenvalue weighted by atomic mass is 16.6. The summed E-state index contributed by atoms with van der Waals surface area (Å²) in [7, 11) is 0. The molecule has 1 aliphatic heterocycles. The van der Waals surface area contributed by atoms with Gasteiger partial charge in [0.15, 0.2) is 5.78 Å². The maximum atomic E-state index is 12.3. The average molecular weight is 358 g/mol. The van der Waals surface area contributed by atoms with E-state index < -0.39 is 5.79 Å². The molecule has 0 bridgehead atoms. The molecule has 1 unspecified atom stereocenters. The van der Waals surface area contributed by atoms with E-state index in [1.807, 2.05) is 6.07 Å². The number of phenols is 1. The lowest BCUT2D eigenvalue weighted by Gasteiger charge is -2.61. The highest BCUT2D eigenvalue weighted by molar-refractivity contribution is 5.99. The number of benzene rings is 1. The van der Waals surface area contributed by atoms with Crippen LogP contribution in [0.15, 0.2) is 6.07 Å². The van der Waals surface area contributed by atoms with Crippen LogP contribution >= 0.6 is 0 Å². The molecule has 0 spiro atoms. The van der Waals surface area contributed by atoms with Crippen molar-refractivity contribution in [3.8, 4) is 11.5 Å². The van der Waals surface area contributed by atoms with Gasteiger partial charge in [0, 0.05) is 23.8 Å². The molecule has 4 heteroatoms. The van der Waals surface area contributed by atoms with Gasteiger partial charge in [0.1, 0.15) is 11.5 Å². The number of hydrogen-bond donors (Lipinski definition) is 2. The number of aliphatic hydroxyl groups is 1. The maximum absolute atomic E-state index is 12.3. The van der Waals surface area contributed by atoms with Crippen LogP contribution in [0.1, 0.15) is 87.2 Å². The minimum atomic E-state index is -1.12. The number of aryl methyl sites for hydroxylation is 1. The number of aromatic hydroxyl groups is 1. The van der Waals surface area contributed by atoms with E-state index in [1.165, 1.54) is 6.92 Å². The number of hydrogen-bond acceptors (Lipinski definition) is 4. The molecule has 142 valence electrons. The smallest absolute Gasteiger partial charge is 0.211 e. The molecule has 1 aromatic carbocycles. The fourth-order valence-corrected chi connectivity index (χ4v) is 6.04. The molecule has 3 aliphatic rings. The van der Waals surface area contributed by atoms with Gasteiger partial charge in [-0.15, -0.1) is 0 Å². The van der Waals surface area contributed by atoms with Crippen molar-refractivity contribution in [1.82, 2.24) is 0 Å². The molecule has 0 amide bonds. The fourth-order valence-electron chi connectivity index (χ4n) is 6.04. The van der Waals surface area contributed by atoms with Crippen molar-refractivity contribution in [2.75, 3.05) is 0 Å². The number of Topliss-reactive ketones (excluding diaryl/α,β-unsaturated/α-hetero) is 1. The Balaban J connectivity index is 1.85. The van der Waals surface area contributed by atoms with Gasteiger partial charge in [0.25, 0.3) is 0 Å². The van der Waals surface area contributed by atoms with E-state index in [2.05, 4.69) is 20.8 Å². The molecule has 1 heterocycles. The molecule has 26 heavy (non-hydrogen) atoms. The largest absolute Gasteiger partial charge is 0.507 e. The molecule has 2 saturated carbocycles. The summed E-state index contributed by atoms with van der Waals surface area (Å²) < 4.78 is 6.08. The molecule has 2 fully saturated rings. The standard InChI is InChI=1S/C22H30O4/c1-5-6-7-8-13-11-15-17(20(24)16(13)12(2)23)19-18-14(21(19,3)4)9-10-22(18,25)26-15/h11,14,18-19,24-25H,5-10H2,1-4H3/t14?,18-,19-,22-/m1/s1. The van der Waals surface area contributed by atoms with E-state index in [4.69, 9.17) is 4.74 Å². The minimum Gasteiger partial charge on any atom is -0.507 e. The van der Waals surface area contributed by atoms with Gasteiger partial charge in [0.05, 0.1) is 5.56 Å². The predicted molar refractivity (Wildman–Crippen MR) is 99.7 cm³/mol. The lowest BCUT2D eigenvalue weighted by Crippen LogP contribution is -2.60. The summed E-state index contributed by atoms with van der Waals surface area (Å²) in [5, 5.41) is 22.2. The fraction of sp³-hybridized carbons (Fsp3) is 0.682. The third kappa shape index (κ3) is 2.20. The molecule has 4 nitrogen and oxygen atoms in total. The highest BCUT2D eigenvalue weighted by Gasteiger charge is 2.71. The van der Waals surface area contributed by atoms with Crippen LogP contribution < -0.4 is 4.74 Å². The van der Waals surface area contributed by atoms with E-state index in [-0.39, 0.29) is 28.8 Å². The molecule has 0 saturated heterocycles. The lowest BCUT2D eigenvalue weighted by molar-refractivity contribution is -0.234. The zero-order chi connectivity index (χ0) is 18.9. The zero-order valence-electron chi connectivity index (χ0n) is 16.3. The summed E-state index contributed by atoms with van der Waals surface area (Å²) >= 11 is 0. The summed E-state index contributed by atoms with van der Waals surface area (Å²) in [6, 6.07) is 1.91. The zero-order valence-corrected chi connectivity index (χ0v) is 16.3. The molecular formula is C22H30O4. The summed E-state index contributed by atoms with van der Waals surface area (Å²) in [4.78, 5) is 12.3. The molecule has 4 atom stereocenters. The second-order valence-electron chi connectivity index (χ2n) is 9.10. The van der Waals surface area contributed by atoms with Crippen molar-refractivity contribution in [3.63, 3.8) is 0 Å². The van der Waals surface area contributed by atoms with Crippen molar-refractivity contribution in [2.24, 2.45) is 17.3 Å². The van der Waals surface area contributed by atoms with Gasteiger partial charge in [-0.1, -0.05) is 33.6 Å². The molecule has 0 aromatic heterocycles. The third-order valence-corrected chi connectivity index (χ3v) is 7.27. The van der Waals surface area contributed by atoms with Gasteiger partial charge < -0.3 is 14.9 Å². The van der Waals surface area contributed by atoms with Crippen LogP contribution in [-0.2, 0) is 6.42 Å². The topological polar surface area (TPSA) is 66.8 Å². The Morgan fingerprint density at radius 1 is 1.35 bits per heavy atom. The Labute approximate surface area is 155 Å². The van der Waals surface area contributed by atoms with Gasteiger partial charge in [-0.3, -0.25) is 4.79 Å². The molecule has 4 rings (SSSR count). The van der Waals surface area contributed by atoms with Crippen molar-refractivity contribution < 1.29 is 19.7 Å². The van der Waals surface area contributed by atoms with Crippen molar-refractivity contribution in [1.29, 1.82) is 0 Å². The summed E-state index contributed by atoms with van der Waals surface area (Å²) in [6.45, 7) is 8.09. The van der Waals surface area contributed by atoms with Crippen LogP contribution in [-0.4, -0.2) is 21.8 Å². The number of rotatable bonds is 5. The number of phenolic OH excluding ortho intramolecular Hbond substituents is 1. The van der Waals surface area contributed by atoms with Crippen LogP contribution in [0.3, 0.4) is 0 Å². The number of fused-ring (bicyclic) bond motifs is 2.